The fourth-order valence-electron chi connectivity index (χ4n) is 6.43. The summed E-state index contributed by atoms with van der Waals surface area (Å²) in [5.41, 5.74) is -3.35. The van der Waals surface area contributed by atoms with E-state index in [9.17, 15) is 8.22 Å². The van der Waals surface area contributed by atoms with Crippen LogP contribution in [-0.4, -0.2) is 0 Å². The Morgan fingerprint density at radius 1 is 0.367 bits per heavy atom. The number of furan rings is 1. The van der Waals surface area contributed by atoms with Crippen LogP contribution in [0.25, 0.3) is 98.8 Å². The summed E-state index contributed by atoms with van der Waals surface area (Å²) in [4.78, 5) is 0. The van der Waals surface area contributed by atoms with Crippen LogP contribution < -0.4 is 0 Å². The van der Waals surface area contributed by atoms with Gasteiger partial charge in [-0.25, -0.2) is 0 Å². The van der Waals surface area contributed by atoms with Crippen molar-refractivity contribution in [3.05, 3.63) is 181 Å². The largest absolute Gasteiger partial charge is 0.456 e. The highest BCUT2D eigenvalue weighted by atomic mass is 16.3. The molecule has 49 heavy (non-hydrogen) atoms. The Bertz CT molecular complexity index is 4030. The minimum Gasteiger partial charge on any atom is -0.456 e. The second-order valence-corrected chi connectivity index (χ2v) is 11.1. The summed E-state index contributed by atoms with van der Waals surface area (Å²) in [6.45, 7) is 0. The van der Waals surface area contributed by atoms with Crippen molar-refractivity contribution in [2.45, 2.75) is 0 Å². The van der Waals surface area contributed by atoms with E-state index in [0.717, 1.165) is 0 Å². The van der Waals surface area contributed by atoms with Crippen LogP contribution in [0.5, 0.6) is 0 Å². The molecular weight excluding hydrogens is 593 g/mol. The molecule has 0 saturated carbocycles. The molecule has 228 valence electrons. The lowest BCUT2D eigenvalue weighted by atomic mass is 9.83. The van der Waals surface area contributed by atoms with Crippen LogP contribution in [0.4, 0.5) is 0 Å². The van der Waals surface area contributed by atoms with Gasteiger partial charge in [0.05, 0.1) is 30.2 Å². The van der Waals surface area contributed by atoms with Gasteiger partial charge in [-0.05, 0) is 101 Å². The zero-order valence-electron chi connectivity index (χ0n) is 47.0. The average Bonchev–Trinajstić information content (AvgIpc) is 3.77. The van der Waals surface area contributed by atoms with Crippen molar-refractivity contribution >= 4 is 54.3 Å². The van der Waals surface area contributed by atoms with Crippen molar-refractivity contribution in [3.8, 4) is 44.5 Å². The summed E-state index contributed by atoms with van der Waals surface area (Å²) in [6.07, 6.45) is 0. The summed E-state index contributed by atoms with van der Waals surface area (Å²) in [5, 5.41) is 0.0503. The normalized spacial score (nSPS) is 18.0. The third-order valence-corrected chi connectivity index (χ3v) is 8.44. The number of benzene rings is 9. The Hall–Kier alpha value is -6.44. The molecule has 0 unspecified atom stereocenters. The second kappa shape index (κ2) is 11.1. The molecule has 0 aliphatic carbocycles. The van der Waals surface area contributed by atoms with Gasteiger partial charge >= 0.3 is 0 Å². The molecule has 0 spiro atoms. The van der Waals surface area contributed by atoms with E-state index in [0.29, 0.717) is 0 Å². The molecule has 0 atom stereocenters. The maximum absolute atomic E-state index is 10.1. The van der Waals surface area contributed by atoms with Gasteiger partial charge in [0.1, 0.15) is 11.2 Å². The first kappa shape index (κ1) is 13.6. The molecule has 10 aromatic rings. The standard InChI is InChI=1S/C48H30O/c1-3-14-31(15-4-1)36-27-26-35(29-42(36)32-16-5-2-6-17-32)46-37-20-9-11-22-39(37)47(40-23-12-10-21-38(40)46)41-24-13-25-44-48(41)43-28-33-18-7-8-19-34(33)30-45(43)49-44/h1-30H/i1D,2D,3D,4D,5D,6D,7D,8D,13D,14D,15D,16D,17D,18D,19D,24D,25D,26D,27D,28D,29D,30D. The van der Waals surface area contributed by atoms with Gasteiger partial charge in [-0.3, -0.25) is 0 Å². The van der Waals surface area contributed by atoms with Crippen molar-refractivity contribution in [1.82, 2.24) is 0 Å². The van der Waals surface area contributed by atoms with E-state index in [1.165, 1.54) is 0 Å². The molecule has 1 heterocycles. The maximum Gasteiger partial charge on any atom is 0.136 e. The molecular formula is C48H30O. The molecule has 0 fully saturated rings. The predicted molar refractivity (Wildman–Crippen MR) is 208 cm³/mol. The van der Waals surface area contributed by atoms with E-state index in [-0.39, 0.29) is 76.5 Å². The minimum atomic E-state index is -0.845. The Balaban J connectivity index is 1.42. The van der Waals surface area contributed by atoms with E-state index < -0.39 is 155 Å². The number of rotatable bonds is 4. The zero-order chi connectivity index (χ0) is 51.5. The molecule has 0 amide bonds. The second-order valence-electron chi connectivity index (χ2n) is 11.1. The number of fused-ring (bicyclic) bond motifs is 6. The van der Waals surface area contributed by atoms with Gasteiger partial charge in [0.25, 0.3) is 0 Å². The third-order valence-electron chi connectivity index (χ3n) is 8.44. The minimum absolute atomic E-state index is 0.0735. The van der Waals surface area contributed by atoms with Gasteiger partial charge < -0.3 is 4.42 Å². The van der Waals surface area contributed by atoms with Crippen LogP contribution in [-0.2, 0) is 0 Å². The van der Waals surface area contributed by atoms with E-state index in [1.807, 2.05) is 0 Å². The van der Waals surface area contributed by atoms with Crippen LogP contribution in [0.2, 0.25) is 0 Å². The van der Waals surface area contributed by atoms with Crippen molar-refractivity contribution in [3.63, 3.8) is 0 Å². The van der Waals surface area contributed by atoms with Gasteiger partial charge in [0.15, 0.2) is 0 Å². The first-order valence-corrected chi connectivity index (χ1v) is 15.1. The molecule has 1 heteroatoms. The van der Waals surface area contributed by atoms with Gasteiger partial charge in [0, 0.05) is 10.8 Å². The van der Waals surface area contributed by atoms with Crippen LogP contribution >= 0.6 is 0 Å². The maximum atomic E-state index is 10.1. The lowest BCUT2D eigenvalue weighted by molar-refractivity contribution is 0.669. The lowest BCUT2D eigenvalue weighted by Crippen LogP contribution is -1.93. The lowest BCUT2D eigenvalue weighted by Gasteiger charge is -2.19. The molecule has 0 N–H and O–H groups in total. The van der Waals surface area contributed by atoms with Gasteiger partial charge in [-0.15, -0.1) is 0 Å². The molecule has 0 radical (unpaired) electrons. The van der Waals surface area contributed by atoms with E-state index in [4.69, 9.17) is 26.3 Å². The van der Waals surface area contributed by atoms with Crippen LogP contribution in [0.3, 0.4) is 0 Å². The smallest absolute Gasteiger partial charge is 0.136 e. The molecule has 1 nitrogen and oxygen atoms in total. The highest BCUT2D eigenvalue weighted by Gasteiger charge is 2.21. The molecule has 9 aromatic carbocycles. The first-order chi connectivity index (χ1) is 33.5. The fraction of sp³-hybridized carbons (Fsp3) is 0. The highest BCUT2D eigenvalue weighted by molar-refractivity contribution is 6.26. The van der Waals surface area contributed by atoms with Crippen molar-refractivity contribution in [2.24, 2.45) is 0 Å². The molecule has 0 saturated heterocycles. The van der Waals surface area contributed by atoms with E-state index >= 15 is 0 Å². The third kappa shape index (κ3) is 4.40. The average molecular weight is 645 g/mol. The summed E-state index contributed by atoms with van der Waals surface area (Å²) < 4.78 is 202. The van der Waals surface area contributed by atoms with Crippen molar-refractivity contribution in [2.75, 3.05) is 0 Å². The number of hydrogen-bond acceptors (Lipinski definition) is 1. The molecule has 0 aliphatic heterocycles. The van der Waals surface area contributed by atoms with Crippen LogP contribution in [0.15, 0.2) is 186 Å². The number of hydrogen-bond donors (Lipinski definition) is 0. The molecule has 0 bridgehead atoms. The van der Waals surface area contributed by atoms with Gasteiger partial charge in [-0.2, -0.15) is 0 Å². The SMILES string of the molecule is [2H]c1c([2H])c([2H])c(-c2c([2H])c([2H])c(-c3c4ccccc4c(-c4c([2H])c([2H])c([2H])c5oc6c([2H])c7c([2H])c([2H])c([2H])c([2H])c7c([2H])c6c45)c4ccccc34)c([2H])c2-c2c([2H])c([2H])c([2H])c([2H])c2[2H])c([2H])c1[2H]. The zero-order valence-corrected chi connectivity index (χ0v) is 25.0. The predicted octanol–water partition coefficient (Wildman–Crippen LogP) is 13.7. The first-order valence-electron chi connectivity index (χ1n) is 26.1. The highest BCUT2D eigenvalue weighted by Crippen LogP contribution is 2.48. The van der Waals surface area contributed by atoms with E-state index in [1.54, 1.807) is 48.5 Å². The monoisotopic (exact) mass is 644 g/mol. The Morgan fingerprint density at radius 2 is 0.939 bits per heavy atom. The Labute approximate surface area is 315 Å². The molecule has 1 aromatic heterocycles. The van der Waals surface area contributed by atoms with Crippen LogP contribution in [0, 0.1) is 0 Å². The summed E-state index contributed by atoms with van der Waals surface area (Å²) >= 11 is 0. The quantitative estimate of drug-likeness (QED) is 0.174. The topological polar surface area (TPSA) is 13.1 Å². The molecule has 0 aliphatic rings. The Morgan fingerprint density at radius 3 is 1.59 bits per heavy atom. The Kier molecular flexibility index (Phi) is 3.07. The van der Waals surface area contributed by atoms with E-state index in [2.05, 4.69) is 0 Å². The van der Waals surface area contributed by atoms with Crippen molar-refractivity contribution in [1.29, 1.82) is 0 Å². The van der Waals surface area contributed by atoms with Gasteiger partial charge in [-0.1, -0.05) is 157 Å². The fourth-order valence-corrected chi connectivity index (χ4v) is 6.43. The van der Waals surface area contributed by atoms with Gasteiger partial charge in [0.2, 0.25) is 0 Å². The summed E-state index contributed by atoms with van der Waals surface area (Å²) in [6, 6.07) is -2.99. The van der Waals surface area contributed by atoms with Crippen molar-refractivity contribution < 1.29 is 34.6 Å². The van der Waals surface area contributed by atoms with Crippen LogP contribution in [0.1, 0.15) is 30.2 Å². The molecule has 10 rings (SSSR count). The summed E-state index contributed by atoms with van der Waals surface area (Å²) in [5.74, 6) is 0. The summed E-state index contributed by atoms with van der Waals surface area (Å²) in [7, 11) is 0.